The van der Waals surface area contributed by atoms with E-state index in [9.17, 15) is 10.2 Å². The molecule has 0 atom stereocenters. The molecule has 0 bridgehead atoms. The van der Waals surface area contributed by atoms with Crippen molar-refractivity contribution in [3.05, 3.63) is 17.7 Å². The molecule has 16 heavy (non-hydrogen) atoms. The number of hydrogen-bond acceptors (Lipinski definition) is 4. The van der Waals surface area contributed by atoms with Gasteiger partial charge in [-0.3, -0.25) is 0 Å². The van der Waals surface area contributed by atoms with Crippen LogP contribution in [0.2, 0.25) is 0 Å². The minimum Gasteiger partial charge on any atom is -0.504 e. The molecule has 0 saturated carbocycles. The Balaban J connectivity index is 2.62. The van der Waals surface area contributed by atoms with Crippen LogP contribution in [-0.4, -0.2) is 20.9 Å². The van der Waals surface area contributed by atoms with Crippen LogP contribution in [0, 0.1) is 0 Å². The summed E-state index contributed by atoms with van der Waals surface area (Å²) in [6, 6.07) is 2.91. The predicted octanol–water partition coefficient (Wildman–Crippen LogP) is 1.86. The Kier molecular flexibility index (Phi) is 3.65. The van der Waals surface area contributed by atoms with E-state index in [4.69, 9.17) is 10.8 Å². The number of aryl methyl sites for hydroxylation is 1. The number of rotatable bonds is 4. The van der Waals surface area contributed by atoms with Gasteiger partial charge in [0.05, 0.1) is 0 Å². The molecule has 0 fully saturated rings. The standard InChI is InChI=1S/C12H19NO3/c1-12(2,13)5-3-4-8-6-9(14)11(16)10(15)7-8/h6-7,14-16H,3-5,13H2,1-2H3. The maximum atomic E-state index is 9.31. The van der Waals surface area contributed by atoms with E-state index in [-0.39, 0.29) is 17.0 Å². The Labute approximate surface area is 95.3 Å². The normalized spacial score (nSPS) is 11.7. The third-order valence-electron chi connectivity index (χ3n) is 2.42. The predicted molar refractivity (Wildman–Crippen MR) is 62.6 cm³/mol. The van der Waals surface area contributed by atoms with Crippen LogP contribution in [0.3, 0.4) is 0 Å². The lowest BCUT2D eigenvalue weighted by molar-refractivity contribution is 0.366. The molecule has 0 heterocycles. The van der Waals surface area contributed by atoms with Crippen molar-refractivity contribution in [2.75, 3.05) is 0 Å². The van der Waals surface area contributed by atoms with E-state index >= 15 is 0 Å². The van der Waals surface area contributed by atoms with E-state index in [1.165, 1.54) is 12.1 Å². The zero-order valence-electron chi connectivity index (χ0n) is 9.70. The van der Waals surface area contributed by atoms with Crippen molar-refractivity contribution in [2.24, 2.45) is 5.73 Å². The molecule has 0 aliphatic carbocycles. The Bertz CT molecular complexity index is 346. The molecule has 0 radical (unpaired) electrons. The highest BCUT2D eigenvalue weighted by molar-refractivity contribution is 5.51. The van der Waals surface area contributed by atoms with Gasteiger partial charge in [-0.1, -0.05) is 0 Å². The van der Waals surface area contributed by atoms with Crippen LogP contribution in [0.1, 0.15) is 32.3 Å². The molecule has 1 aromatic carbocycles. The topological polar surface area (TPSA) is 86.7 Å². The second kappa shape index (κ2) is 4.61. The molecule has 1 rings (SSSR count). The van der Waals surface area contributed by atoms with Gasteiger partial charge in [0.15, 0.2) is 17.2 Å². The molecule has 0 aliphatic rings. The lowest BCUT2D eigenvalue weighted by Crippen LogP contribution is -2.31. The first-order valence-electron chi connectivity index (χ1n) is 5.32. The van der Waals surface area contributed by atoms with Gasteiger partial charge in [-0.05, 0) is 50.8 Å². The molecular weight excluding hydrogens is 206 g/mol. The summed E-state index contributed by atoms with van der Waals surface area (Å²) < 4.78 is 0. The zero-order chi connectivity index (χ0) is 12.3. The molecule has 0 spiro atoms. The number of nitrogens with two attached hydrogens (primary N) is 1. The summed E-state index contributed by atoms with van der Waals surface area (Å²) in [7, 11) is 0. The van der Waals surface area contributed by atoms with Gasteiger partial charge in [-0.25, -0.2) is 0 Å². The highest BCUT2D eigenvalue weighted by Gasteiger charge is 2.11. The van der Waals surface area contributed by atoms with Gasteiger partial charge >= 0.3 is 0 Å². The van der Waals surface area contributed by atoms with Crippen LogP contribution in [-0.2, 0) is 6.42 Å². The lowest BCUT2D eigenvalue weighted by Gasteiger charge is -2.17. The van der Waals surface area contributed by atoms with E-state index in [1.54, 1.807) is 0 Å². The summed E-state index contributed by atoms with van der Waals surface area (Å²) in [6.07, 6.45) is 2.44. The molecule has 90 valence electrons. The molecule has 0 amide bonds. The van der Waals surface area contributed by atoms with Crippen molar-refractivity contribution < 1.29 is 15.3 Å². The van der Waals surface area contributed by atoms with Crippen LogP contribution < -0.4 is 5.73 Å². The average Bonchev–Trinajstić information content (AvgIpc) is 2.12. The Morgan fingerprint density at radius 1 is 1.12 bits per heavy atom. The highest BCUT2D eigenvalue weighted by Crippen LogP contribution is 2.35. The molecule has 0 aliphatic heterocycles. The first kappa shape index (κ1) is 12.6. The molecule has 0 unspecified atom stereocenters. The summed E-state index contributed by atoms with van der Waals surface area (Å²) in [5.41, 5.74) is 6.43. The van der Waals surface area contributed by atoms with Crippen molar-refractivity contribution in [1.29, 1.82) is 0 Å². The van der Waals surface area contributed by atoms with Crippen LogP contribution in [0.25, 0.3) is 0 Å². The van der Waals surface area contributed by atoms with Crippen molar-refractivity contribution >= 4 is 0 Å². The van der Waals surface area contributed by atoms with Crippen molar-refractivity contribution in [3.63, 3.8) is 0 Å². The molecule has 1 aromatic rings. The molecule has 4 nitrogen and oxygen atoms in total. The van der Waals surface area contributed by atoms with Gasteiger partial charge in [-0.2, -0.15) is 0 Å². The van der Waals surface area contributed by atoms with Crippen LogP contribution in [0.4, 0.5) is 0 Å². The molecule has 0 aromatic heterocycles. The third kappa shape index (κ3) is 3.62. The fraction of sp³-hybridized carbons (Fsp3) is 0.500. The van der Waals surface area contributed by atoms with Gasteiger partial charge < -0.3 is 21.1 Å². The minimum absolute atomic E-state index is 0.207. The lowest BCUT2D eigenvalue weighted by atomic mass is 9.96. The Hall–Kier alpha value is -1.42. The van der Waals surface area contributed by atoms with Gasteiger partial charge in [0.25, 0.3) is 0 Å². The largest absolute Gasteiger partial charge is 0.504 e. The van der Waals surface area contributed by atoms with E-state index in [2.05, 4.69) is 0 Å². The molecule has 4 heteroatoms. The van der Waals surface area contributed by atoms with Crippen molar-refractivity contribution in [1.82, 2.24) is 0 Å². The highest BCUT2D eigenvalue weighted by atomic mass is 16.3. The second-order valence-electron chi connectivity index (χ2n) is 4.82. The second-order valence-corrected chi connectivity index (χ2v) is 4.82. The molecular formula is C12H19NO3. The van der Waals surface area contributed by atoms with E-state index in [1.807, 2.05) is 13.8 Å². The van der Waals surface area contributed by atoms with E-state index in [0.717, 1.165) is 18.4 Å². The number of phenols is 3. The first-order chi connectivity index (χ1) is 7.29. The number of benzene rings is 1. The smallest absolute Gasteiger partial charge is 0.200 e. The maximum absolute atomic E-state index is 9.31. The summed E-state index contributed by atoms with van der Waals surface area (Å²) in [5, 5.41) is 27.8. The van der Waals surface area contributed by atoms with Gasteiger partial charge in [0, 0.05) is 5.54 Å². The quantitative estimate of drug-likeness (QED) is 0.589. The SMILES string of the molecule is CC(C)(N)CCCc1cc(O)c(O)c(O)c1. The number of aromatic hydroxyl groups is 3. The fourth-order valence-electron chi connectivity index (χ4n) is 1.55. The van der Waals surface area contributed by atoms with E-state index in [0.29, 0.717) is 6.42 Å². The van der Waals surface area contributed by atoms with Gasteiger partial charge in [-0.15, -0.1) is 0 Å². The maximum Gasteiger partial charge on any atom is 0.200 e. The zero-order valence-corrected chi connectivity index (χ0v) is 9.70. The molecule has 0 saturated heterocycles. The minimum atomic E-state index is -0.470. The Morgan fingerprint density at radius 3 is 2.06 bits per heavy atom. The van der Waals surface area contributed by atoms with Crippen molar-refractivity contribution in [3.8, 4) is 17.2 Å². The first-order valence-corrected chi connectivity index (χ1v) is 5.32. The van der Waals surface area contributed by atoms with Crippen LogP contribution in [0.15, 0.2) is 12.1 Å². The summed E-state index contributed by atoms with van der Waals surface area (Å²) in [6.45, 7) is 3.91. The number of hydrogen-bond donors (Lipinski definition) is 4. The molecule has 5 N–H and O–H groups in total. The van der Waals surface area contributed by atoms with Gasteiger partial charge in [0.2, 0.25) is 0 Å². The van der Waals surface area contributed by atoms with Gasteiger partial charge in [0.1, 0.15) is 0 Å². The average molecular weight is 225 g/mol. The summed E-state index contributed by atoms with van der Waals surface area (Å²) in [4.78, 5) is 0. The third-order valence-corrected chi connectivity index (χ3v) is 2.42. The fourth-order valence-corrected chi connectivity index (χ4v) is 1.55. The number of phenolic OH excluding ortho intramolecular Hbond substituents is 3. The van der Waals surface area contributed by atoms with E-state index < -0.39 is 5.75 Å². The van der Waals surface area contributed by atoms with Crippen LogP contribution >= 0.6 is 0 Å². The van der Waals surface area contributed by atoms with Crippen molar-refractivity contribution in [2.45, 2.75) is 38.6 Å². The summed E-state index contributed by atoms with van der Waals surface area (Å²) >= 11 is 0. The van der Waals surface area contributed by atoms with Crippen LogP contribution in [0.5, 0.6) is 17.2 Å². The monoisotopic (exact) mass is 225 g/mol. The Morgan fingerprint density at radius 2 is 1.62 bits per heavy atom. The summed E-state index contributed by atoms with van der Waals surface area (Å²) in [5.74, 6) is -1.05.